The van der Waals surface area contributed by atoms with E-state index in [9.17, 15) is 0 Å². The van der Waals surface area contributed by atoms with Crippen LogP contribution in [0.5, 0.6) is 0 Å². The topological polar surface area (TPSA) is 21.3 Å². The molecule has 0 saturated carbocycles. The molecule has 25 heavy (non-hydrogen) atoms. The summed E-state index contributed by atoms with van der Waals surface area (Å²) in [6.45, 7) is 4.28. The molecule has 1 saturated heterocycles. The van der Waals surface area contributed by atoms with Crippen molar-refractivity contribution in [3.63, 3.8) is 0 Å². The van der Waals surface area contributed by atoms with Crippen LogP contribution in [-0.2, 0) is 4.65 Å². The van der Waals surface area contributed by atoms with Gasteiger partial charge in [0.25, 0.3) is 0 Å². The van der Waals surface area contributed by atoms with Gasteiger partial charge < -0.3 is 9.88 Å². The normalized spacial score (nSPS) is 19.8. The van der Waals surface area contributed by atoms with Gasteiger partial charge in [0.15, 0.2) is 0 Å². The van der Waals surface area contributed by atoms with Crippen LogP contribution in [-0.4, -0.2) is 7.05 Å². The maximum atomic E-state index is 6.42. The maximum Gasteiger partial charge on any atom is 0.416 e. The molecule has 0 aliphatic carbocycles. The first kappa shape index (κ1) is 15.9. The Morgan fingerprint density at radius 3 is 1.88 bits per heavy atom. The van der Waals surface area contributed by atoms with Crippen LogP contribution in [0.3, 0.4) is 0 Å². The summed E-state index contributed by atoms with van der Waals surface area (Å²) in [6.07, 6.45) is -0.0472. The molecule has 0 radical (unpaired) electrons. The van der Waals surface area contributed by atoms with Gasteiger partial charge in [0.1, 0.15) is 0 Å². The first-order valence-corrected chi connectivity index (χ1v) is 8.58. The average Bonchev–Trinajstić information content (AvgIpc) is 3.15. The molecule has 1 fully saturated rings. The monoisotopic (exact) mass is 325 g/mol. The zero-order valence-electron chi connectivity index (χ0n) is 14.0. The van der Waals surface area contributed by atoms with E-state index in [0.717, 1.165) is 11.0 Å². The number of hydrogen-bond acceptors (Lipinski definition) is 2. The standard InChI is InChI=1S/C22H20BNO/c1-17(18-11-5-2-6-12-18)23-24-21(19-13-7-3-8-14-19)22(25-23)20-15-9-4-10-16-20/h2-16,21-22,24H,1H2/t21-,22+/m0/s1. The van der Waals surface area contributed by atoms with E-state index in [1.54, 1.807) is 0 Å². The third-order valence-electron chi connectivity index (χ3n) is 4.66. The van der Waals surface area contributed by atoms with Crippen molar-refractivity contribution in [3.8, 4) is 0 Å². The van der Waals surface area contributed by atoms with Gasteiger partial charge in [-0.15, -0.1) is 0 Å². The quantitative estimate of drug-likeness (QED) is 0.694. The summed E-state index contributed by atoms with van der Waals surface area (Å²) in [5.74, 6) is 0. The Hall–Kier alpha value is -2.62. The second kappa shape index (κ2) is 7.10. The highest BCUT2D eigenvalue weighted by molar-refractivity contribution is 6.71. The van der Waals surface area contributed by atoms with Gasteiger partial charge in [0.2, 0.25) is 0 Å². The minimum atomic E-state index is -0.210. The molecule has 4 rings (SSSR count). The Labute approximate surface area is 149 Å². The van der Waals surface area contributed by atoms with Gasteiger partial charge in [0.05, 0.1) is 12.1 Å². The van der Waals surface area contributed by atoms with E-state index < -0.39 is 0 Å². The van der Waals surface area contributed by atoms with E-state index >= 15 is 0 Å². The summed E-state index contributed by atoms with van der Waals surface area (Å²) in [6, 6.07) is 31.1. The zero-order valence-corrected chi connectivity index (χ0v) is 14.0. The van der Waals surface area contributed by atoms with Crippen molar-refractivity contribution in [2.75, 3.05) is 0 Å². The van der Waals surface area contributed by atoms with E-state index in [-0.39, 0.29) is 19.2 Å². The van der Waals surface area contributed by atoms with Gasteiger partial charge in [0, 0.05) is 0 Å². The van der Waals surface area contributed by atoms with Gasteiger partial charge in [-0.05, 0) is 22.2 Å². The van der Waals surface area contributed by atoms with Gasteiger partial charge in [-0.3, -0.25) is 0 Å². The van der Waals surface area contributed by atoms with E-state index in [1.165, 1.54) is 11.1 Å². The molecular formula is C22H20BNO. The smallest absolute Gasteiger partial charge is 0.409 e. The highest BCUT2D eigenvalue weighted by atomic mass is 16.5. The Morgan fingerprint density at radius 2 is 1.28 bits per heavy atom. The summed E-state index contributed by atoms with van der Waals surface area (Å²) >= 11 is 0. The molecule has 122 valence electrons. The lowest BCUT2D eigenvalue weighted by atomic mass is 9.70. The molecular weight excluding hydrogens is 305 g/mol. The van der Waals surface area contributed by atoms with Gasteiger partial charge in [-0.2, -0.15) is 0 Å². The van der Waals surface area contributed by atoms with Crippen LogP contribution in [0.4, 0.5) is 0 Å². The van der Waals surface area contributed by atoms with Crippen LogP contribution in [0.1, 0.15) is 28.8 Å². The molecule has 1 heterocycles. The van der Waals surface area contributed by atoms with E-state index in [0.29, 0.717) is 0 Å². The van der Waals surface area contributed by atoms with Crippen LogP contribution < -0.4 is 5.23 Å². The van der Waals surface area contributed by atoms with Crippen LogP contribution in [0.15, 0.2) is 97.6 Å². The van der Waals surface area contributed by atoms with Gasteiger partial charge >= 0.3 is 7.05 Å². The van der Waals surface area contributed by atoms with E-state index in [4.69, 9.17) is 4.65 Å². The SMILES string of the molecule is C=C(B1N[C@@H](c2ccccc2)[C@@H](c2ccccc2)O1)c1ccccc1. The van der Waals surface area contributed by atoms with E-state index in [2.05, 4.69) is 72.5 Å². The second-order valence-corrected chi connectivity index (χ2v) is 6.29. The van der Waals surface area contributed by atoms with Gasteiger partial charge in [-0.25, -0.2) is 0 Å². The third kappa shape index (κ3) is 3.29. The molecule has 0 amide bonds. The van der Waals surface area contributed by atoms with Crippen LogP contribution >= 0.6 is 0 Å². The lowest BCUT2D eigenvalue weighted by Gasteiger charge is -2.20. The Bertz CT molecular complexity index is 788. The fourth-order valence-corrected chi connectivity index (χ4v) is 3.35. The molecule has 0 spiro atoms. The number of hydrogen-bond donors (Lipinski definition) is 1. The Balaban J connectivity index is 1.66. The number of rotatable bonds is 4. The fourth-order valence-electron chi connectivity index (χ4n) is 3.35. The fraction of sp³-hybridized carbons (Fsp3) is 0.0909. The maximum absolute atomic E-state index is 6.42. The molecule has 0 bridgehead atoms. The Kier molecular flexibility index (Phi) is 4.51. The second-order valence-electron chi connectivity index (χ2n) is 6.29. The molecule has 2 atom stereocenters. The number of benzene rings is 3. The predicted octanol–water partition coefficient (Wildman–Crippen LogP) is 4.83. The largest absolute Gasteiger partial charge is 0.416 e. The van der Waals surface area contributed by atoms with Crippen molar-refractivity contribution in [1.29, 1.82) is 0 Å². The molecule has 3 aromatic rings. The summed E-state index contributed by atoms with van der Waals surface area (Å²) in [5.41, 5.74) is 4.45. The lowest BCUT2D eigenvalue weighted by molar-refractivity contribution is 0.218. The van der Waals surface area contributed by atoms with Crippen molar-refractivity contribution in [2.45, 2.75) is 12.1 Å². The van der Waals surface area contributed by atoms with Crippen molar-refractivity contribution in [3.05, 3.63) is 114 Å². The summed E-state index contributed by atoms with van der Waals surface area (Å²) in [4.78, 5) is 0. The van der Waals surface area contributed by atoms with Crippen LogP contribution in [0.2, 0.25) is 0 Å². The Morgan fingerprint density at radius 1 is 0.760 bits per heavy atom. The predicted molar refractivity (Wildman–Crippen MR) is 104 cm³/mol. The van der Waals surface area contributed by atoms with E-state index in [1.807, 2.05) is 30.3 Å². The van der Waals surface area contributed by atoms with Crippen molar-refractivity contribution >= 4 is 12.5 Å². The minimum Gasteiger partial charge on any atom is -0.409 e. The van der Waals surface area contributed by atoms with Crippen molar-refractivity contribution in [1.82, 2.24) is 5.23 Å². The highest BCUT2D eigenvalue weighted by Gasteiger charge is 2.40. The minimum absolute atomic E-state index is 0.0472. The summed E-state index contributed by atoms with van der Waals surface area (Å²) in [5, 5.41) is 3.63. The molecule has 1 aliphatic rings. The molecule has 1 aliphatic heterocycles. The third-order valence-corrected chi connectivity index (χ3v) is 4.66. The summed E-state index contributed by atoms with van der Waals surface area (Å²) < 4.78 is 6.42. The lowest BCUT2D eigenvalue weighted by Crippen LogP contribution is -2.31. The molecule has 0 unspecified atom stereocenters. The summed E-state index contributed by atoms with van der Waals surface area (Å²) in [7, 11) is -0.210. The average molecular weight is 325 g/mol. The molecule has 3 aromatic carbocycles. The highest BCUT2D eigenvalue weighted by Crippen LogP contribution is 2.39. The first-order chi connectivity index (χ1) is 12.3. The van der Waals surface area contributed by atoms with Crippen LogP contribution in [0.25, 0.3) is 5.47 Å². The zero-order chi connectivity index (χ0) is 17.1. The molecule has 3 heteroatoms. The first-order valence-electron chi connectivity index (χ1n) is 8.58. The molecule has 0 aromatic heterocycles. The molecule has 1 N–H and O–H groups in total. The van der Waals surface area contributed by atoms with Gasteiger partial charge in [-0.1, -0.05) is 97.6 Å². The van der Waals surface area contributed by atoms with Crippen molar-refractivity contribution in [2.24, 2.45) is 0 Å². The molecule has 2 nitrogen and oxygen atoms in total. The van der Waals surface area contributed by atoms with Crippen molar-refractivity contribution < 1.29 is 4.65 Å². The number of nitrogens with one attached hydrogen (secondary N) is 1. The van der Waals surface area contributed by atoms with Crippen LogP contribution in [0, 0.1) is 0 Å².